The van der Waals surface area contributed by atoms with Crippen LogP contribution in [0.5, 0.6) is 0 Å². The lowest BCUT2D eigenvalue weighted by Crippen LogP contribution is -2.53. The maximum Gasteiger partial charge on any atom is 0.430 e. The molecular formula is C30H23F6N5O2. The molecule has 0 spiro atoms. The third-order valence-electron chi connectivity index (χ3n) is 7.31. The lowest BCUT2D eigenvalue weighted by Gasteiger charge is -2.32. The van der Waals surface area contributed by atoms with E-state index in [9.17, 15) is 31.4 Å². The van der Waals surface area contributed by atoms with Gasteiger partial charge in [0.1, 0.15) is 5.69 Å². The number of hydrogen-bond acceptors (Lipinski definition) is 6. The van der Waals surface area contributed by atoms with E-state index in [0.717, 1.165) is 28.7 Å². The van der Waals surface area contributed by atoms with Gasteiger partial charge in [0.2, 0.25) is 0 Å². The smallest absolute Gasteiger partial charge is 0.378 e. The van der Waals surface area contributed by atoms with Crippen LogP contribution in [-0.4, -0.2) is 63.3 Å². The number of benzene rings is 2. The highest BCUT2D eigenvalue weighted by Gasteiger charge is 2.71. The van der Waals surface area contributed by atoms with Crippen molar-refractivity contribution in [2.45, 2.75) is 18.0 Å². The first-order chi connectivity index (χ1) is 20.5. The maximum absolute atomic E-state index is 13.5. The second-order valence-corrected chi connectivity index (χ2v) is 9.94. The van der Waals surface area contributed by atoms with E-state index in [1.54, 1.807) is 24.4 Å². The molecule has 0 atom stereocenters. The molecule has 1 aliphatic rings. The van der Waals surface area contributed by atoms with Crippen LogP contribution in [0.15, 0.2) is 72.9 Å². The molecule has 5 aromatic rings. The van der Waals surface area contributed by atoms with Gasteiger partial charge in [-0.2, -0.15) is 31.4 Å². The highest BCUT2D eigenvalue weighted by atomic mass is 19.4. The van der Waals surface area contributed by atoms with Gasteiger partial charge in [-0.1, -0.05) is 48.5 Å². The van der Waals surface area contributed by atoms with E-state index >= 15 is 0 Å². The number of ether oxygens (including phenoxy) is 1. The lowest BCUT2D eigenvalue weighted by molar-refractivity contribution is -0.376. The normalized spacial score (nSPS) is 15.2. The second-order valence-electron chi connectivity index (χ2n) is 9.94. The molecule has 4 heterocycles. The van der Waals surface area contributed by atoms with Crippen LogP contribution in [0.3, 0.4) is 0 Å². The molecule has 0 radical (unpaired) electrons. The number of aromatic nitrogens is 4. The summed E-state index contributed by atoms with van der Waals surface area (Å²) in [6.45, 7) is 2.20. The van der Waals surface area contributed by atoms with Crippen LogP contribution in [0.4, 0.5) is 32.0 Å². The Morgan fingerprint density at radius 1 is 0.791 bits per heavy atom. The number of rotatable bonds is 5. The summed E-state index contributed by atoms with van der Waals surface area (Å²) in [7, 11) is 0. The average Bonchev–Trinajstić information content (AvgIpc) is 3.37. The van der Waals surface area contributed by atoms with Gasteiger partial charge in [0.15, 0.2) is 5.65 Å². The zero-order chi connectivity index (χ0) is 30.4. The summed E-state index contributed by atoms with van der Waals surface area (Å²) in [5.41, 5.74) is -2.91. The van der Waals surface area contributed by atoms with Gasteiger partial charge >= 0.3 is 12.4 Å². The lowest BCUT2D eigenvalue weighted by atomic mass is 9.91. The Kier molecular flexibility index (Phi) is 7.09. The van der Waals surface area contributed by atoms with Gasteiger partial charge in [0, 0.05) is 29.6 Å². The third kappa shape index (κ3) is 5.08. The van der Waals surface area contributed by atoms with Crippen LogP contribution in [-0.2, 0) is 10.3 Å². The monoisotopic (exact) mass is 599 g/mol. The summed E-state index contributed by atoms with van der Waals surface area (Å²) in [6.07, 6.45) is -7.06. The zero-order valence-electron chi connectivity index (χ0n) is 22.3. The molecule has 1 saturated heterocycles. The molecule has 43 heavy (non-hydrogen) atoms. The van der Waals surface area contributed by atoms with E-state index in [2.05, 4.69) is 15.0 Å². The van der Waals surface area contributed by atoms with Crippen LogP contribution in [0.1, 0.15) is 17.0 Å². The van der Waals surface area contributed by atoms with Gasteiger partial charge in [-0.15, -0.1) is 0 Å². The van der Waals surface area contributed by atoms with Crippen LogP contribution in [0.25, 0.3) is 40.0 Å². The number of morpholine rings is 1. The zero-order valence-corrected chi connectivity index (χ0v) is 22.3. The Morgan fingerprint density at radius 2 is 1.49 bits per heavy atom. The van der Waals surface area contributed by atoms with Gasteiger partial charge in [0.05, 0.1) is 42.0 Å². The average molecular weight is 600 g/mol. The van der Waals surface area contributed by atoms with Gasteiger partial charge in [-0.3, -0.25) is 0 Å². The number of halogens is 6. The molecule has 0 unspecified atom stereocenters. The van der Waals surface area contributed by atoms with Crippen molar-refractivity contribution in [3.05, 3.63) is 89.9 Å². The van der Waals surface area contributed by atoms with Gasteiger partial charge in [0.25, 0.3) is 5.60 Å². The predicted molar refractivity (Wildman–Crippen MR) is 148 cm³/mol. The van der Waals surface area contributed by atoms with Gasteiger partial charge < -0.3 is 14.7 Å². The number of alkyl halides is 6. The molecule has 0 bridgehead atoms. The molecule has 0 saturated carbocycles. The molecule has 222 valence electrons. The summed E-state index contributed by atoms with van der Waals surface area (Å²) >= 11 is 0. The number of fused-ring (bicyclic) bond motifs is 2. The van der Waals surface area contributed by atoms with Crippen LogP contribution < -0.4 is 4.90 Å². The van der Waals surface area contributed by atoms with E-state index in [4.69, 9.17) is 9.72 Å². The fourth-order valence-corrected chi connectivity index (χ4v) is 5.09. The molecular weight excluding hydrogens is 576 g/mol. The minimum absolute atomic E-state index is 0.237. The predicted octanol–water partition coefficient (Wildman–Crippen LogP) is 6.26. The summed E-state index contributed by atoms with van der Waals surface area (Å²) in [5, 5.41) is 15.2. The first-order valence-electron chi connectivity index (χ1n) is 13.2. The summed E-state index contributed by atoms with van der Waals surface area (Å²) in [6, 6.07) is 16.4. The molecule has 0 aliphatic carbocycles. The van der Waals surface area contributed by atoms with Crippen molar-refractivity contribution in [1.82, 2.24) is 19.6 Å². The number of aliphatic hydroxyl groups is 1. The Balaban J connectivity index is 1.48. The minimum atomic E-state index is -5.99. The Morgan fingerprint density at radius 3 is 2.19 bits per heavy atom. The van der Waals surface area contributed by atoms with Gasteiger partial charge in [-0.25, -0.2) is 14.5 Å². The van der Waals surface area contributed by atoms with Crippen LogP contribution >= 0.6 is 0 Å². The van der Waals surface area contributed by atoms with Crippen molar-refractivity contribution in [3.63, 3.8) is 0 Å². The number of nitrogens with zero attached hydrogens (tertiary/aromatic N) is 5. The van der Waals surface area contributed by atoms with Crippen molar-refractivity contribution in [1.29, 1.82) is 0 Å². The van der Waals surface area contributed by atoms with Gasteiger partial charge in [-0.05, 0) is 30.4 Å². The Bertz CT molecular complexity index is 1790. The number of imidazole rings is 1. The third-order valence-corrected chi connectivity index (χ3v) is 7.31. The van der Waals surface area contributed by atoms with E-state index in [0.29, 0.717) is 61.2 Å². The summed E-state index contributed by atoms with van der Waals surface area (Å²) < 4.78 is 87.9. The first kappa shape index (κ1) is 28.6. The molecule has 0 amide bonds. The Labute approximate surface area is 240 Å². The molecule has 6 rings (SSSR count). The maximum atomic E-state index is 13.5. The fraction of sp³-hybridized carbons (Fsp3) is 0.233. The molecule has 1 fully saturated rings. The van der Waals surface area contributed by atoms with Crippen molar-refractivity contribution < 1.29 is 36.2 Å². The molecule has 2 aromatic carbocycles. The number of hydrogen-bond donors (Lipinski definition) is 1. The Hall–Kier alpha value is -4.49. The molecule has 7 nitrogen and oxygen atoms in total. The number of anilines is 1. The summed E-state index contributed by atoms with van der Waals surface area (Å²) in [5.74, 6) is 0. The molecule has 3 aromatic heterocycles. The van der Waals surface area contributed by atoms with Crippen LogP contribution in [0, 0.1) is 0 Å². The second kappa shape index (κ2) is 10.7. The quantitative estimate of drug-likeness (QED) is 0.240. The summed E-state index contributed by atoms with van der Waals surface area (Å²) in [4.78, 5) is 11.5. The minimum Gasteiger partial charge on any atom is -0.378 e. The first-order valence-corrected chi connectivity index (χ1v) is 13.2. The van der Waals surface area contributed by atoms with Crippen molar-refractivity contribution in [3.8, 4) is 11.3 Å². The molecule has 1 N–H and O–H groups in total. The van der Waals surface area contributed by atoms with Crippen molar-refractivity contribution >= 4 is 34.4 Å². The fourth-order valence-electron chi connectivity index (χ4n) is 5.09. The SMILES string of the molecule is OC(c1ccc(-c2c(/C=C/c3ccc4ccccc4n3)nc3c(N4CCOCC4)ccnn23)cc1)(C(F)(F)F)C(F)(F)F. The topological polar surface area (TPSA) is 75.8 Å². The number of para-hydroxylation sites is 1. The van der Waals surface area contributed by atoms with E-state index in [-0.39, 0.29) is 5.56 Å². The number of pyridine rings is 1. The highest BCUT2D eigenvalue weighted by Crippen LogP contribution is 2.50. The van der Waals surface area contributed by atoms with E-state index in [1.165, 1.54) is 4.52 Å². The van der Waals surface area contributed by atoms with E-state index < -0.39 is 23.5 Å². The highest BCUT2D eigenvalue weighted by molar-refractivity contribution is 5.84. The molecule has 13 heteroatoms. The van der Waals surface area contributed by atoms with E-state index in [1.807, 2.05) is 36.4 Å². The van der Waals surface area contributed by atoms with Crippen molar-refractivity contribution in [2.24, 2.45) is 0 Å². The van der Waals surface area contributed by atoms with Crippen LogP contribution in [0.2, 0.25) is 0 Å². The largest absolute Gasteiger partial charge is 0.430 e. The standard InChI is InChI=1S/C30H23F6N5O2/c31-29(32,33)28(42,30(34,35)36)21-8-5-20(6-9-21)26-24(12-11-22-10-7-19-3-1-2-4-23(19)38-22)39-27-25(13-14-37-41(26)27)40-15-17-43-18-16-40/h1-14,42H,15-18H2/b12-11+. The molecule has 1 aliphatic heterocycles. The van der Waals surface area contributed by atoms with Crippen molar-refractivity contribution in [2.75, 3.05) is 31.2 Å².